The summed E-state index contributed by atoms with van der Waals surface area (Å²) in [6.45, 7) is 1.19. The first-order valence-electron chi connectivity index (χ1n) is 8.46. The average molecular weight is 367 g/mol. The normalized spacial score (nSPS) is 18.7. The van der Waals surface area contributed by atoms with Crippen molar-refractivity contribution in [3.05, 3.63) is 59.0 Å². The van der Waals surface area contributed by atoms with Gasteiger partial charge < -0.3 is 9.15 Å². The minimum Gasteiger partial charge on any atom is -0.467 e. The van der Waals surface area contributed by atoms with E-state index < -0.39 is 17.7 Å². The predicted octanol–water partition coefficient (Wildman–Crippen LogP) is 4.81. The van der Waals surface area contributed by atoms with Crippen LogP contribution in [-0.2, 0) is 17.5 Å². The summed E-state index contributed by atoms with van der Waals surface area (Å²) in [6.07, 6.45) is -0.0533. The minimum absolute atomic E-state index is 0.0124. The lowest BCUT2D eigenvalue weighted by molar-refractivity contribution is -0.137. The number of alkyl halides is 3. The van der Waals surface area contributed by atoms with Crippen LogP contribution >= 0.6 is 0 Å². The van der Waals surface area contributed by atoms with E-state index in [-0.39, 0.29) is 6.04 Å². The first-order chi connectivity index (χ1) is 12.4. The number of ether oxygens (including phenoxy) is 1. The van der Waals surface area contributed by atoms with Gasteiger partial charge >= 0.3 is 12.1 Å². The first-order valence-corrected chi connectivity index (χ1v) is 8.46. The molecule has 3 rings (SSSR count). The number of hydrogen-bond donors (Lipinski definition) is 0. The van der Waals surface area contributed by atoms with E-state index in [4.69, 9.17) is 9.15 Å². The van der Waals surface area contributed by atoms with Crippen LogP contribution in [0.25, 0.3) is 0 Å². The number of esters is 1. The van der Waals surface area contributed by atoms with Gasteiger partial charge in [0.05, 0.1) is 25.5 Å². The molecule has 140 valence electrons. The molecule has 0 bridgehead atoms. The van der Waals surface area contributed by atoms with Gasteiger partial charge in [-0.05, 0) is 43.1 Å². The van der Waals surface area contributed by atoms with E-state index in [1.165, 1.54) is 25.5 Å². The lowest BCUT2D eigenvalue weighted by atomic mass is 9.94. The second-order valence-corrected chi connectivity index (χ2v) is 6.35. The lowest BCUT2D eigenvalue weighted by Gasteiger charge is -2.35. The Bertz CT molecular complexity index is 752. The maximum Gasteiger partial charge on any atom is 0.416 e. The molecule has 1 fully saturated rings. The summed E-state index contributed by atoms with van der Waals surface area (Å²) in [5, 5.41) is 0. The maximum atomic E-state index is 12.8. The Hall–Kier alpha value is -2.28. The van der Waals surface area contributed by atoms with Crippen molar-refractivity contribution in [3.63, 3.8) is 0 Å². The quantitative estimate of drug-likeness (QED) is 0.727. The number of rotatable bonds is 4. The van der Waals surface area contributed by atoms with Gasteiger partial charge in [0.2, 0.25) is 0 Å². The Morgan fingerprint density at radius 2 is 1.96 bits per heavy atom. The van der Waals surface area contributed by atoms with Gasteiger partial charge in [0.15, 0.2) is 0 Å². The fourth-order valence-corrected chi connectivity index (χ4v) is 3.39. The number of carbonyl (C=O) groups excluding carboxylic acids is 1. The third-order valence-corrected chi connectivity index (χ3v) is 4.73. The van der Waals surface area contributed by atoms with Crippen LogP contribution in [0.2, 0.25) is 0 Å². The summed E-state index contributed by atoms with van der Waals surface area (Å²) in [7, 11) is 1.31. The second-order valence-electron chi connectivity index (χ2n) is 6.35. The summed E-state index contributed by atoms with van der Waals surface area (Å²) in [5.41, 5.74) is 0.565. The van der Waals surface area contributed by atoms with E-state index >= 15 is 0 Å². The summed E-state index contributed by atoms with van der Waals surface area (Å²) in [6, 6.07) is 6.87. The summed E-state index contributed by atoms with van der Waals surface area (Å²) in [4.78, 5) is 13.9. The van der Waals surface area contributed by atoms with Crippen LogP contribution in [0, 0.1) is 0 Å². The van der Waals surface area contributed by atoms with Crippen molar-refractivity contribution in [1.82, 2.24) is 4.90 Å². The molecule has 0 N–H and O–H groups in total. The Morgan fingerprint density at radius 1 is 1.23 bits per heavy atom. The molecule has 26 heavy (non-hydrogen) atoms. The molecule has 1 unspecified atom stereocenters. The molecular formula is C19H20F3NO3. The van der Waals surface area contributed by atoms with Gasteiger partial charge in [-0.1, -0.05) is 18.6 Å². The maximum absolute atomic E-state index is 12.8. The third kappa shape index (κ3) is 3.93. The number of piperidine rings is 1. The molecule has 0 aliphatic carbocycles. The standard InChI is InChI=1S/C19H20F3NO3/c1-25-18(24)15-9-11-26-17(15)12-23-10-3-2-4-16(23)13-5-7-14(8-6-13)19(20,21)22/h5-9,11,16H,2-4,10,12H2,1H3. The molecule has 2 heterocycles. The lowest BCUT2D eigenvalue weighted by Crippen LogP contribution is -2.33. The Labute approximate surface area is 149 Å². The van der Waals surface area contributed by atoms with Crippen molar-refractivity contribution in [1.29, 1.82) is 0 Å². The van der Waals surface area contributed by atoms with Crippen LogP contribution in [-0.4, -0.2) is 24.5 Å². The second kappa shape index (κ2) is 7.53. The molecule has 0 amide bonds. The fraction of sp³-hybridized carbons (Fsp3) is 0.421. The number of benzene rings is 1. The zero-order chi connectivity index (χ0) is 18.7. The molecule has 7 heteroatoms. The minimum atomic E-state index is -4.34. The zero-order valence-corrected chi connectivity index (χ0v) is 14.4. The van der Waals surface area contributed by atoms with Crippen LogP contribution < -0.4 is 0 Å². The number of halogens is 3. The molecule has 0 saturated carbocycles. The number of nitrogens with zero attached hydrogens (tertiary/aromatic N) is 1. The van der Waals surface area contributed by atoms with Gasteiger partial charge in [-0.25, -0.2) is 4.79 Å². The molecule has 1 aliphatic heterocycles. The van der Waals surface area contributed by atoms with E-state index in [2.05, 4.69) is 4.90 Å². The Morgan fingerprint density at radius 3 is 2.62 bits per heavy atom. The predicted molar refractivity (Wildman–Crippen MR) is 88.5 cm³/mol. The molecule has 1 saturated heterocycles. The zero-order valence-electron chi connectivity index (χ0n) is 14.4. The smallest absolute Gasteiger partial charge is 0.416 e. The molecule has 0 spiro atoms. The number of furan rings is 1. The van der Waals surface area contributed by atoms with E-state index in [0.717, 1.165) is 43.5 Å². The largest absolute Gasteiger partial charge is 0.467 e. The van der Waals surface area contributed by atoms with Gasteiger partial charge in [0.25, 0.3) is 0 Å². The molecule has 4 nitrogen and oxygen atoms in total. The molecule has 2 aromatic rings. The van der Waals surface area contributed by atoms with Gasteiger partial charge in [-0.3, -0.25) is 4.90 Å². The average Bonchev–Trinajstić information content (AvgIpc) is 3.09. The van der Waals surface area contributed by atoms with Crippen molar-refractivity contribution in [3.8, 4) is 0 Å². The number of carbonyl (C=O) groups is 1. The third-order valence-electron chi connectivity index (χ3n) is 4.73. The highest BCUT2D eigenvalue weighted by Crippen LogP contribution is 2.35. The van der Waals surface area contributed by atoms with Gasteiger partial charge in [-0.2, -0.15) is 13.2 Å². The Kier molecular flexibility index (Phi) is 5.36. The van der Waals surface area contributed by atoms with E-state index in [9.17, 15) is 18.0 Å². The highest BCUT2D eigenvalue weighted by Gasteiger charge is 2.31. The van der Waals surface area contributed by atoms with E-state index in [0.29, 0.717) is 17.9 Å². The topological polar surface area (TPSA) is 42.7 Å². The summed E-state index contributed by atoms with van der Waals surface area (Å²) in [5.74, 6) is 0.0486. The van der Waals surface area contributed by atoms with Gasteiger partial charge in [0.1, 0.15) is 11.3 Å². The molecule has 1 aromatic heterocycles. The van der Waals surface area contributed by atoms with E-state index in [1.807, 2.05) is 0 Å². The molecule has 1 atom stereocenters. The van der Waals surface area contributed by atoms with Crippen molar-refractivity contribution < 1.29 is 27.1 Å². The van der Waals surface area contributed by atoms with Gasteiger partial charge in [0, 0.05) is 6.04 Å². The number of likely N-dealkylation sites (tertiary alicyclic amines) is 1. The highest BCUT2D eigenvalue weighted by molar-refractivity contribution is 5.90. The fourth-order valence-electron chi connectivity index (χ4n) is 3.39. The summed E-state index contributed by atoms with van der Waals surface area (Å²) < 4.78 is 48.5. The first kappa shape index (κ1) is 18.5. The van der Waals surface area contributed by atoms with E-state index in [1.54, 1.807) is 6.07 Å². The molecule has 1 aliphatic rings. The van der Waals surface area contributed by atoms with Crippen molar-refractivity contribution in [2.24, 2.45) is 0 Å². The van der Waals surface area contributed by atoms with Crippen LogP contribution in [0.1, 0.15) is 52.5 Å². The summed E-state index contributed by atoms with van der Waals surface area (Å²) >= 11 is 0. The van der Waals surface area contributed by atoms with Crippen molar-refractivity contribution >= 4 is 5.97 Å². The number of methoxy groups -OCH3 is 1. The Balaban J connectivity index is 1.80. The van der Waals surface area contributed by atoms with Crippen LogP contribution in [0.3, 0.4) is 0 Å². The molecular weight excluding hydrogens is 347 g/mol. The van der Waals surface area contributed by atoms with Crippen LogP contribution in [0.5, 0.6) is 0 Å². The van der Waals surface area contributed by atoms with Gasteiger partial charge in [-0.15, -0.1) is 0 Å². The molecule has 0 radical (unpaired) electrons. The monoisotopic (exact) mass is 367 g/mol. The van der Waals surface area contributed by atoms with Crippen LogP contribution in [0.4, 0.5) is 13.2 Å². The highest BCUT2D eigenvalue weighted by atomic mass is 19.4. The molecule has 1 aromatic carbocycles. The van der Waals surface area contributed by atoms with Crippen molar-refractivity contribution in [2.75, 3.05) is 13.7 Å². The SMILES string of the molecule is COC(=O)c1ccoc1CN1CCCCC1c1ccc(C(F)(F)F)cc1. The van der Waals surface area contributed by atoms with Crippen LogP contribution in [0.15, 0.2) is 41.0 Å². The number of hydrogen-bond acceptors (Lipinski definition) is 4. The van der Waals surface area contributed by atoms with Crippen molar-refractivity contribution in [2.45, 2.75) is 38.0 Å².